The van der Waals surface area contributed by atoms with Crippen LogP contribution in [0.3, 0.4) is 0 Å². The molecule has 0 heterocycles. The number of Topliss-reactive ketones (excluding diaryl/α,β-unsaturated/α-hetero) is 1. The molecule has 1 rings (SSSR count). The highest BCUT2D eigenvalue weighted by atomic mass is 16.3. The third kappa shape index (κ3) is 3.46. The standard InChI is InChI=1S/C12H17NO2/c1-9(15)12(13-2)7-10-3-5-11(8-14)6-4-10/h3-6,12-14H,7-8H2,1-2H3. The number of rotatable bonds is 5. The van der Waals surface area contributed by atoms with Crippen molar-refractivity contribution in [3.63, 3.8) is 0 Å². The first-order chi connectivity index (χ1) is 7.17. The number of aliphatic hydroxyl groups is 1. The highest BCUT2D eigenvalue weighted by Crippen LogP contribution is 2.07. The predicted molar refractivity (Wildman–Crippen MR) is 59.6 cm³/mol. The summed E-state index contributed by atoms with van der Waals surface area (Å²) in [4.78, 5) is 11.2. The van der Waals surface area contributed by atoms with E-state index >= 15 is 0 Å². The lowest BCUT2D eigenvalue weighted by Gasteiger charge is -2.12. The van der Waals surface area contributed by atoms with Crippen LogP contribution in [0.4, 0.5) is 0 Å². The molecule has 15 heavy (non-hydrogen) atoms. The van der Waals surface area contributed by atoms with Crippen LogP contribution < -0.4 is 5.32 Å². The van der Waals surface area contributed by atoms with Gasteiger partial charge in [-0.05, 0) is 31.5 Å². The molecule has 2 N–H and O–H groups in total. The quantitative estimate of drug-likeness (QED) is 0.754. The number of carbonyl (C=O) groups excluding carboxylic acids is 1. The van der Waals surface area contributed by atoms with E-state index in [9.17, 15) is 4.79 Å². The summed E-state index contributed by atoms with van der Waals surface area (Å²) in [6, 6.07) is 7.52. The van der Waals surface area contributed by atoms with Gasteiger partial charge in [-0.25, -0.2) is 0 Å². The third-order valence-electron chi connectivity index (χ3n) is 2.48. The number of nitrogens with one attached hydrogen (secondary N) is 1. The Balaban J connectivity index is 2.67. The minimum Gasteiger partial charge on any atom is -0.392 e. The van der Waals surface area contributed by atoms with E-state index in [-0.39, 0.29) is 18.4 Å². The predicted octanol–water partition coefficient (Wildman–Crippen LogP) is 0.898. The fourth-order valence-corrected chi connectivity index (χ4v) is 1.47. The molecule has 1 unspecified atom stereocenters. The minimum absolute atomic E-state index is 0.0580. The van der Waals surface area contributed by atoms with Crippen LogP contribution in [-0.2, 0) is 17.8 Å². The van der Waals surface area contributed by atoms with E-state index in [1.807, 2.05) is 24.3 Å². The summed E-state index contributed by atoms with van der Waals surface area (Å²) in [7, 11) is 1.79. The lowest BCUT2D eigenvalue weighted by Crippen LogP contribution is -2.34. The van der Waals surface area contributed by atoms with Crippen LogP contribution in [0.15, 0.2) is 24.3 Å². The van der Waals surface area contributed by atoms with Crippen LogP contribution in [0.5, 0.6) is 0 Å². The summed E-state index contributed by atoms with van der Waals surface area (Å²) in [5.74, 6) is 0.142. The molecule has 1 aromatic carbocycles. The largest absolute Gasteiger partial charge is 0.392 e. The Hall–Kier alpha value is -1.19. The van der Waals surface area contributed by atoms with E-state index in [2.05, 4.69) is 5.32 Å². The van der Waals surface area contributed by atoms with Crippen molar-refractivity contribution in [3.8, 4) is 0 Å². The third-order valence-corrected chi connectivity index (χ3v) is 2.48. The molecule has 0 aromatic heterocycles. The summed E-state index contributed by atoms with van der Waals surface area (Å²) >= 11 is 0. The van der Waals surface area contributed by atoms with Crippen LogP contribution in [0, 0.1) is 0 Å². The number of ketones is 1. The average molecular weight is 207 g/mol. The van der Waals surface area contributed by atoms with Crippen LogP contribution in [0.25, 0.3) is 0 Å². The first-order valence-corrected chi connectivity index (χ1v) is 5.03. The molecule has 0 aliphatic rings. The van der Waals surface area contributed by atoms with Gasteiger partial charge in [-0.2, -0.15) is 0 Å². The van der Waals surface area contributed by atoms with Gasteiger partial charge in [-0.1, -0.05) is 24.3 Å². The molecule has 82 valence electrons. The van der Waals surface area contributed by atoms with Gasteiger partial charge in [0, 0.05) is 0 Å². The second-order valence-electron chi connectivity index (χ2n) is 3.63. The van der Waals surface area contributed by atoms with E-state index in [1.54, 1.807) is 14.0 Å². The number of hydrogen-bond donors (Lipinski definition) is 2. The Morgan fingerprint density at radius 2 is 1.87 bits per heavy atom. The highest BCUT2D eigenvalue weighted by Gasteiger charge is 2.11. The SMILES string of the molecule is CNC(Cc1ccc(CO)cc1)C(C)=O. The zero-order valence-corrected chi connectivity index (χ0v) is 9.16. The molecule has 1 atom stereocenters. The first-order valence-electron chi connectivity index (χ1n) is 5.03. The Kier molecular flexibility index (Phi) is 4.46. The Morgan fingerprint density at radius 1 is 1.33 bits per heavy atom. The zero-order chi connectivity index (χ0) is 11.3. The summed E-state index contributed by atoms with van der Waals surface area (Å²) in [5.41, 5.74) is 1.99. The Bertz CT molecular complexity index is 319. The van der Waals surface area contributed by atoms with Gasteiger partial charge < -0.3 is 10.4 Å². The normalized spacial score (nSPS) is 12.5. The summed E-state index contributed by atoms with van der Waals surface area (Å²) in [5, 5.41) is 11.9. The number of benzene rings is 1. The molecule has 0 amide bonds. The molecule has 0 saturated carbocycles. The van der Waals surface area contributed by atoms with Crippen molar-refractivity contribution in [3.05, 3.63) is 35.4 Å². The van der Waals surface area contributed by atoms with Crippen molar-refractivity contribution >= 4 is 5.78 Å². The maximum Gasteiger partial charge on any atom is 0.147 e. The van der Waals surface area contributed by atoms with E-state index in [4.69, 9.17) is 5.11 Å². The first kappa shape index (κ1) is 11.9. The van der Waals surface area contributed by atoms with Gasteiger partial charge in [-0.15, -0.1) is 0 Å². The monoisotopic (exact) mass is 207 g/mol. The Morgan fingerprint density at radius 3 is 2.27 bits per heavy atom. The van der Waals surface area contributed by atoms with Crippen LogP contribution >= 0.6 is 0 Å². The molecule has 0 aliphatic carbocycles. The van der Waals surface area contributed by atoms with Crippen molar-refractivity contribution in [2.24, 2.45) is 0 Å². The maximum absolute atomic E-state index is 11.2. The maximum atomic E-state index is 11.2. The number of aliphatic hydroxyl groups excluding tert-OH is 1. The van der Waals surface area contributed by atoms with Crippen LogP contribution in [0.1, 0.15) is 18.1 Å². The zero-order valence-electron chi connectivity index (χ0n) is 9.16. The van der Waals surface area contributed by atoms with Gasteiger partial charge in [-0.3, -0.25) is 4.79 Å². The lowest BCUT2D eigenvalue weighted by molar-refractivity contribution is -0.118. The molecular formula is C12H17NO2. The molecule has 3 nitrogen and oxygen atoms in total. The summed E-state index contributed by atoms with van der Waals surface area (Å²) < 4.78 is 0. The van der Waals surface area contributed by atoms with Gasteiger partial charge >= 0.3 is 0 Å². The molecule has 0 fully saturated rings. The fraction of sp³-hybridized carbons (Fsp3) is 0.417. The lowest BCUT2D eigenvalue weighted by atomic mass is 10.0. The van der Waals surface area contributed by atoms with Gasteiger partial charge in [0.25, 0.3) is 0 Å². The number of carbonyl (C=O) groups is 1. The van der Waals surface area contributed by atoms with E-state index in [0.29, 0.717) is 6.42 Å². The molecule has 0 saturated heterocycles. The van der Waals surface area contributed by atoms with Gasteiger partial charge in [0.15, 0.2) is 0 Å². The molecular weight excluding hydrogens is 190 g/mol. The summed E-state index contributed by atoms with van der Waals surface area (Å²) in [6.45, 7) is 1.64. The summed E-state index contributed by atoms with van der Waals surface area (Å²) in [6.07, 6.45) is 0.692. The van der Waals surface area contributed by atoms with Crippen molar-refractivity contribution in [1.29, 1.82) is 0 Å². The number of hydrogen-bond acceptors (Lipinski definition) is 3. The number of likely N-dealkylation sites (N-methyl/N-ethyl adjacent to an activating group) is 1. The van der Waals surface area contributed by atoms with E-state index < -0.39 is 0 Å². The second-order valence-corrected chi connectivity index (χ2v) is 3.63. The van der Waals surface area contributed by atoms with E-state index in [1.165, 1.54) is 0 Å². The average Bonchev–Trinajstić information content (AvgIpc) is 2.26. The molecule has 0 spiro atoms. The van der Waals surface area contributed by atoms with Gasteiger partial charge in [0.05, 0.1) is 12.6 Å². The molecule has 3 heteroatoms. The van der Waals surface area contributed by atoms with Gasteiger partial charge in [0.2, 0.25) is 0 Å². The minimum atomic E-state index is -0.120. The molecule has 0 radical (unpaired) electrons. The van der Waals surface area contributed by atoms with E-state index in [0.717, 1.165) is 11.1 Å². The molecule has 0 bridgehead atoms. The van der Waals surface area contributed by atoms with Crippen LogP contribution in [-0.4, -0.2) is 24.0 Å². The van der Waals surface area contributed by atoms with Crippen LogP contribution in [0.2, 0.25) is 0 Å². The molecule has 0 aliphatic heterocycles. The highest BCUT2D eigenvalue weighted by molar-refractivity contribution is 5.81. The smallest absolute Gasteiger partial charge is 0.147 e. The van der Waals surface area contributed by atoms with Crippen molar-refractivity contribution in [2.75, 3.05) is 7.05 Å². The Labute approximate surface area is 90.1 Å². The topological polar surface area (TPSA) is 49.3 Å². The van der Waals surface area contributed by atoms with Crippen molar-refractivity contribution in [1.82, 2.24) is 5.32 Å². The fourth-order valence-electron chi connectivity index (χ4n) is 1.47. The van der Waals surface area contributed by atoms with Gasteiger partial charge in [0.1, 0.15) is 5.78 Å². The van der Waals surface area contributed by atoms with Crippen molar-refractivity contribution < 1.29 is 9.90 Å². The van der Waals surface area contributed by atoms with Crippen molar-refractivity contribution in [2.45, 2.75) is 26.0 Å². The molecule has 1 aromatic rings. The second kappa shape index (κ2) is 5.63.